The van der Waals surface area contributed by atoms with E-state index in [0.29, 0.717) is 12.0 Å². The zero-order valence-corrected chi connectivity index (χ0v) is 14.7. The minimum absolute atomic E-state index is 0.0436. The van der Waals surface area contributed by atoms with Gasteiger partial charge in [-0.05, 0) is 41.7 Å². The summed E-state index contributed by atoms with van der Waals surface area (Å²) in [4.78, 5) is 0. The molecule has 3 nitrogen and oxygen atoms in total. The molecule has 4 rings (SSSR count). The van der Waals surface area contributed by atoms with Gasteiger partial charge in [0, 0.05) is 30.4 Å². The molecule has 0 aliphatic carbocycles. The highest BCUT2D eigenvalue weighted by molar-refractivity contribution is 5.66. The predicted molar refractivity (Wildman–Crippen MR) is 95.7 cm³/mol. The van der Waals surface area contributed by atoms with Crippen LogP contribution in [0.5, 0.6) is 0 Å². The largest absolute Gasteiger partial charge is 0.418 e. The lowest BCUT2D eigenvalue weighted by Crippen LogP contribution is -2.08. The zero-order chi connectivity index (χ0) is 18.5. The number of halogens is 3. The second kappa shape index (κ2) is 6.04. The first kappa shape index (κ1) is 16.9. The van der Waals surface area contributed by atoms with Crippen LogP contribution in [0, 0.1) is 0 Å². The van der Waals surface area contributed by atoms with Crippen LogP contribution in [0.3, 0.4) is 0 Å². The molecular weight excluding hydrogens is 339 g/mol. The van der Waals surface area contributed by atoms with Crippen molar-refractivity contribution in [1.29, 1.82) is 0 Å². The van der Waals surface area contributed by atoms with Gasteiger partial charge in [-0.1, -0.05) is 26.0 Å². The fraction of sp³-hybridized carbons (Fsp3) is 0.350. The second-order valence-electron chi connectivity index (χ2n) is 7.08. The van der Waals surface area contributed by atoms with Crippen LogP contribution in [0.1, 0.15) is 47.7 Å². The third kappa shape index (κ3) is 2.83. The number of hydrogen-bond donors (Lipinski definition) is 1. The van der Waals surface area contributed by atoms with Gasteiger partial charge in [-0.15, -0.1) is 0 Å². The van der Waals surface area contributed by atoms with Crippen LogP contribution < -0.4 is 5.32 Å². The average Bonchev–Trinajstić information content (AvgIpc) is 3.18. The lowest BCUT2D eigenvalue weighted by molar-refractivity contribution is -0.136. The SMILES string of the molecule is CC(C)c1nn2cccc(C(F)(F)F)c2c1Cc1ccc2c(c1)CCN2. The second-order valence-corrected chi connectivity index (χ2v) is 7.08. The van der Waals surface area contributed by atoms with E-state index in [-0.39, 0.29) is 11.4 Å². The zero-order valence-electron chi connectivity index (χ0n) is 14.7. The summed E-state index contributed by atoms with van der Waals surface area (Å²) in [5.74, 6) is 0.0436. The molecule has 0 saturated carbocycles. The van der Waals surface area contributed by atoms with Crippen LogP contribution in [0.15, 0.2) is 36.5 Å². The molecule has 3 aromatic rings. The van der Waals surface area contributed by atoms with Gasteiger partial charge in [0.1, 0.15) is 0 Å². The van der Waals surface area contributed by atoms with Gasteiger partial charge in [0.2, 0.25) is 0 Å². The molecule has 0 amide bonds. The van der Waals surface area contributed by atoms with E-state index in [4.69, 9.17) is 0 Å². The number of pyridine rings is 1. The maximum atomic E-state index is 13.6. The standard InChI is InChI=1S/C20H20F3N3/c1-12(2)18-15(11-13-5-6-17-14(10-13)7-8-24-17)19-16(20(21,22)23)4-3-9-26(19)25-18/h3-6,9-10,12,24H,7-8,11H2,1-2H3. The molecule has 3 heterocycles. The maximum Gasteiger partial charge on any atom is 0.418 e. The van der Waals surface area contributed by atoms with Crippen molar-refractivity contribution in [3.63, 3.8) is 0 Å². The number of anilines is 1. The summed E-state index contributed by atoms with van der Waals surface area (Å²) in [6.07, 6.45) is -1.43. The van der Waals surface area contributed by atoms with E-state index < -0.39 is 11.7 Å². The van der Waals surface area contributed by atoms with Gasteiger partial charge in [0.05, 0.1) is 16.8 Å². The van der Waals surface area contributed by atoms with Crippen LogP contribution in [0.25, 0.3) is 5.52 Å². The first-order valence-corrected chi connectivity index (χ1v) is 8.77. The molecule has 0 radical (unpaired) electrons. The third-order valence-electron chi connectivity index (χ3n) is 4.90. The van der Waals surface area contributed by atoms with Gasteiger partial charge in [-0.25, -0.2) is 4.52 Å². The number of nitrogens with zero attached hydrogens (tertiary/aromatic N) is 2. The topological polar surface area (TPSA) is 29.3 Å². The van der Waals surface area contributed by atoms with Gasteiger partial charge in [-0.2, -0.15) is 18.3 Å². The monoisotopic (exact) mass is 359 g/mol. The highest BCUT2D eigenvalue weighted by atomic mass is 19.4. The molecule has 0 atom stereocenters. The molecular formula is C20H20F3N3. The molecule has 1 aromatic carbocycles. The minimum atomic E-state index is -4.41. The summed E-state index contributed by atoms with van der Waals surface area (Å²) >= 11 is 0. The van der Waals surface area contributed by atoms with Gasteiger partial charge in [0.25, 0.3) is 0 Å². The van der Waals surface area contributed by atoms with Crippen molar-refractivity contribution in [2.45, 2.75) is 38.8 Å². The smallest absolute Gasteiger partial charge is 0.384 e. The van der Waals surface area contributed by atoms with E-state index in [2.05, 4.69) is 16.5 Å². The Labute approximate surface area is 149 Å². The Morgan fingerprint density at radius 3 is 2.77 bits per heavy atom. The predicted octanol–water partition coefficient (Wildman–Crippen LogP) is 5.04. The molecule has 0 bridgehead atoms. The van der Waals surface area contributed by atoms with Crippen molar-refractivity contribution in [2.24, 2.45) is 0 Å². The van der Waals surface area contributed by atoms with E-state index in [0.717, 1.165) is 36.0 Å². The van der Waals surface area contributed by atoms with Crippen LogP contribution in [0.2, 0.25) is 0 Å². The van der Waals surface area contributed by atoms with Crippen molar-refractivity contribution in [3.05, 3.63) is 64.5 Å². The molecule has 2 aromatic heterocycles. The number of hydrogen-bond acceptors (Lipinski definition) is 2. The lowest BCUT2D eigenvalue weighted by Gasteiger charge is -2.12. The molecule has 6 heteroatoms. The van der Waals surface area contributed by atoms with Gasteiger partial charge >= 0.3 is 6.18 Å². The number of fused-ring (bicyclic) bond motifs is 2. The average molecular weight is 359 g/mol. The summed E-state index contributed by atoms with van der Waals surface area (Å²) < 4.78 is 42.1. The number of aromatic nitrogens is 2. The van der Waals surface area contributed by atoms with E-state index >= 15 is 0 Å². The maximum absolute atomic E-state index is 13.6. The van der Waals surface area contributed by atoms with Gasteiger partial charge in [0.15, 0.2) is 0 Å². The molecule has 1 N–H and O–H groups in total. The summed E-state index contributed by atoms with van der Waals surface area (Å²) in [6, 6.07) is 8.64. The van der Waals surface area contributed by atoms with Gasteiger partial charge < -0.3 is 5.32 Å². The minimum Gasteiger partial charge on any atom is -0.384 e. The number of rotatable bonds is 3. The van der Waals surface area contributed by atoms with Crippen LogP contribution >= 0.6 is 0 Å². The van der Waals surface area contributed by atoms with Crippen molar-refractivity contribution < 1.29 is 13.2 Å². The fourth-order valence-electron chi connectivity index (χ4n) is 3.72. The third-order valence-corrected chi connectivity index (χ3v) is 4.90. The first-order chi connectivity index (χ1) is 12.3. The molecule has 1 aliphatic rings. The normalized spacial score (nSPS) is 14.1. The van der Waals surface area contributed by atoms with Crippen LogP contribution in [0.4, 0.5) is 18.9 Å². The van der Waals surface area contributed by atoms with Crippen molar-refractivity contribution in [2.75, 3.05) is 11.9 Å². The van der Waals surface area contributed by atoms with Gasteiger partial charge in [-0.3, -0.25) is 0 Å². The Balaban J connectivity index is 1.88. The molecule has 0 fully saturated rings. The summed E-state index contributed by atoms with van der Waals surface area (Å²) in [5, 5.41) is 7.77. The van der Waals surface area contributed by atoms with E-state index in [1.165, 1.54) is 16.1 Å². The number of alkyl halides is 3. The Bertz CT molecular complexity index is 970. The Hall–Kier alpha value is -2.50. The summed E-state index contributed by atoms with van der Waals surface area (Å²) in [6.45, 7) is 4.83. The number of nitrogens with one attached hydrogen (secondary N) is 1. The molecule has 1 aliphatic heterocycles. The Morgan fingerprint density at radius 2 is 2.04 bits per heavy atom. The quantitative estimate of drug-likeness (QED) is 0.710. The highest BCUT2D eigenvalue weighted by Crippen LogP contribution is 2.37. The molecule has 0 spiro atoms. The van der Waals surface area contributed by atoms with E-state index in [9.17, 15) is 13.2 Å². The molecule has 136 valence electrons. The molecule has 0 unspecified atom stereocenters. The Kier molecular flexibility index (Phi) is 3.93. The van der Waals surface area contributed by atoms with Crippen LogP contribution in [-0.2, 0) is 19.0 Å². The molecule has 26 heavy (non-hydrogen) atoms. The Morgan fingerprint density at radius 1 is 1.23 bits per heavy atom. The lowest BCUT2D eigenvalue weighted by atomic mass is 9.95. The first-order valence-electron chi connectivity index (χ1n) is 8.77. The van der Waals surface area contributed by atoms with Crippen molar-refractivity contribution in [3.8, 4) is 0 Å². The van der Waals surface area contributed by atoms with Crippen molar-refractivity contribution >= 4 is 11.2 Å². The highest BCUT2D eigenvalue weighted by Gasteiger charge is 2.35. The fourth-order valence-corrected chi connectivity index (χ4v) is 3.72. The molecule has 0 saturated heterocycles. The van der Waals surface area contributed by atoms with E-state index in [1.807, 2.05) is 26.0 Å². The van der Waals surface area contributed by atoms with Crippen molar-refractivity contribution in [1.82, 2.24) is 9.61 Å². The van der Waals surface area contributed by atoms with E-state index in [1.54, 1.807) is 6.20 Å². The summed E-state index contributed by atoms with van der Waals surface area (Å²) in [7, 11) is 0. The summed E-state index contributed by atoms with van der Waals surface area (Å²) in [5.41, 5.74) is 4.29. The number of benzene rings is 1. The van der Waals surface area contributed by atoms with Crippen LogP contribution in [-0.4, -0.2) is 16.2 Å².